The molecule has 0 spiro atoms. The fourth-order valence-electron chi connectivity index (χ4n) is 0.704. The van der Waals surface area contributed by atoms with E-state index in [1.165, 1.54) is 0 Å². The molecule has 1 aliphatic rings. The van der Waals surface area contributed by atoms with Gasteiger partial charge in [-0.05, 0) is 12.5 Å². The number of nitrogens with zero attached hydrogens (tertiary/aromatic N) is 1. The van der Waals surface area contributed by atoms with Gasteiger partial charge in [-0.3, -0.25) is 0 Å². The van der Waals surface area contributed by atoms with Crippen molar-refractivity contribution in [2.45, 2.75) is 12.5 Å². The van der Waals surface area contributed by atoms with Crippen molar-refractivity contribution in [3.63, 3.8) is 0 Å². The van der Waals surface area contributed by atoms with E-state index in [0.717, 1.165) is 5.70 Å². The summed E-state index contributed by atoms with van der Waals surface area (Å²) < 4.78 is 0. The molecule has 0 bridgehead atoms. The zero-order chi connectivity index (χ0) is 6.69. The molecule has 1 unspecified atom stereocenters. The van der Waals surface area contributed by atoms with Crippen LogP contribution in [0.1, 0.15) is 6.42 Å². The summed E-state index contributed by atoms with van der Waals surface area (Å²) in [6.07, 6.45) is 5.86. The third-order valence-electron chi connectivity index (χ3n) is 1.24. The van der Waals surface area contributed by atoms with Crippen molar-refractivity contribution < 1.29 is 0 Å². The third kappa shape index (κ3) is 1.38. The molecule has 2 N–H and O–H groups in total. The van der Waals surface area contributed by atoms with Crippen molar-refractivity contribution in [2.24, 2.45) is 10.9 Å². The molecular weight excluding hydrogens is 116 g/mol. The first-order valence-electron chi connectivity index (χ1n) is 2.79. The summed E-state index contributed by atoms with van der Waals surface area (Å²) in [4.78, 5) is 9.90. The highest BCUT2D eigenvalue weighted by Gasteiger charge is 2.04. The van der Waals surface area contributed by atoms with Crippen LogP contribution in [0.15, 0.2) is 29.1 Å². The minimum absolute atomic E-state index is 0.197. The molecule has 0 aromatic rings. The SMILES string of the molecule is NC1=CCC(N=O)C=C1. The molecule has 0 heterocycles. The van der Waals surface area contributed by atoms with Crippen LogP contribution in [-0.2, 0) is 0 Å². The summed E-state index contributed by atoms with van der Waals surface area (Å²) in [5, 5.41) is 2.84. The normalized spacial score (nSPS) is 25.3. The van der Waals surface area contributed by atoms with Crippen LogP contribution >= 0.6 is 0 Å². The highest BCUT2D eigenvalue weighted by atomic mass is 16.3. The van der Waals surface area contributed by atoms with Crippen LogP contribution in [0.25, 0.3) is 0 Å². The van der Waals surface area contributed by atoms with E-state index < -0.39 is 0 Å². The molecule has 0 aliphatic heterocycles. The van der Waals surface area contributed by atoms with Gasteiger partial charge in [0.1, 0.15) is 6.04 Å². The van der Waals surface area contributed by atoms with Crippen LogP contribution in [-0.4, -0.2) is 6.04 Å². The third-order valence-corrected chi connectivity index (χ3v) is 1.24. The number of hydrogen-bond donors (Lipinski definition) is 1. The van der Waals surface area contributed by atoms with Crippen molar-refractivity contribution in [2.75, 3.05) is 0 Å². The van der Waals surface area contributed by atoms with E-state index in [1.54, 1.807) is 18.2 Å². The zero-order valence-corrected chi connectivity index (χ0v) is 4.95. The molecule has 9 heavy (non-hydrogen) atoms. The van der Waals surface area contributed by atoms with Crippen LogP contribution in [0.3, 0.4) is 0 Å². The molecule has 3 heteroatoms. The largest absolute Gasteiger partial charge is 0.399 e. The maximum atomic E-state index is 9.90. The van der Waals surface area contributed by atoms with Gasteiger partial charge in [0.15, 0.2) is 0 Å². The Hall–Kier alpha value is -1.12. The van der Waals surface area contributed by atoms with E-state index in [2.05, 4.69) is 5.18 Å². The lowest BCUT2D eigenvalue weighted by molar-refractivity contribution is 0.811. The van der Waals surface area contributed by atoms with Gasteiger partial charge in [0.05, 0.1) is 0 Å². The number of nitroso groups, excluding NO2 is 1. The van der Waals surface area contributed by atoms with Gasteiger partial charge >= 0.3 is 0 Å². The molecule has 0 saturated heterocycles. The molecule has 1 aliphatic carbocycles. The lowest BCUT2D eigenvalue weighted by Crippen LogP contribution is -2.05. The molecule has 0 aromatic heterocycles. The van der Waals surface area contributed by atoms with Gasteiger partial charge in [0.2, 0.25) is 0 Å². The Balaban J connectivity index is 2.58. The highest BCUT2D eigenvalue weighted by Crippen LogP contribution is 2.08. The Morgan fingerprint density at radius 3 is 3.00 bits per heavy atom. The summed E-state index contributed by atoms with van der Waals surface area (Å²) in [7, 11) is 0. The molecule has 3 nitrogen and oxygen atoms in total. The fourth-order valence-corrected chi connectivity index (χ4v) is 0.704. The second-order valence-electron chi connectivity index (χ2n) is 1.97. The van der Waals surface area contributed by atoms with Crippen LogP contribution in [0.2, 0.25) is 0 Å². The first-order valence-corrected chi connectivity index (χ1v) is 2.79. The molecule has 0 amide bonds. The lowest BCUT2D eigenvalue weighted by atomic mass is 10.1. The maximum Gasteiger partial charge on any atom is 0.114 e. The number of nitrogens with two attached hydrogens (primary N) is 1. The summed E-state index contributed by atoms with van der Waals surface area (Å²) in [6.45, 7) is 0. The Labute approximate surface area is 53.2 Å². The average Bonchev–Trinajstić information content (AvgIpc) is 1.90. The zero-order valence-electron chi connectivity index (χ0n) is 4.95. The Morgan fingerprint density at radius 1 is 1.78 bits per heavy atom. The number of hydrogen-bond acceptors (Lipinski definition) is 3. The van der Waals surface area contributed by atoms with E-state index >= 15 is 0 Å². The minimum Gasteiger partial charge on any atom is -0.399 e. The molecular formula is C6H8N2O. The van der Waals surface area contributed by atoms with Crippen LogP contribution in [0, 0.1) is 4.91 Å². The summed E-state index contributed by atoms with van der Waals surface area (Å²) in [5.41, 5.74) is 6.10. The second kappa shape index (κ2) is 2.44. The molecule has 0 radical (unpaired) electrons. The maximum absolute atomic E-state index is 9.90. The van der Waals surface area contributed by atoms with Crippen LogP contribution < -0.4 is 5.73 Å². The van der Waals surface area contributed by atoms with Gasteiger partial charge in [0, 0.05) is 5.70 Å². The molecule has 0 fully saturated rings. The van der Waals surface area contributed by atoms with E-state index in [4.69, 9.17) is 5.73 Å². The number of rotatable bonds is 1. The minimum atomic E-state index is -0.197. The Bertz CT molecular complexity index is 172. The van der Waals surface area contributed by atoms with E-state index in [1.807, 2.05) is 0 Å². The van der Waals surface area contributed by atoms with Gasteiger partial charge in [-0.2, -0.15) is 4.91 Å². The number of allylic oxidation sites excluding steroid dienone is 1. The summed E-state index contributed by atoms with van der Waals surface area (Å²) in [5.74, 6) is 0. The first-order chi connectivity index (χ1) is 4.33. The Kier molecular flexibility index (Phi) is 1.63. The molecule has 1 rings (SSSR count). The first kappa shape index (κ1) is 6.01. The molecule has 1 atom stereocenters. The van der Waals surface area contributed by atoms with Crippen molar-refractivity contribution in [3.05, 3.63) is 28.8 Å². The quantitative estimate of drug-likeness (QED) is 0.528. The molecule has 0 aromatic carbocycles. The lowest BCUT2D eigenvalue weighted by Gasteiger charge is -2.04. The predicted molar refractivity (Wildman–Crippen MR) is 35.6 cm³/mol. The molecule has 48 valence electrons. The fraction of sp³-hybridized carbons (Fsp3) is 0.333. The van der Waals surface area contributed by atoms with E-state index in [0.29, 0.717) is 6.42 Å². The summed E-state index contributed by atoms with van der Waals surface area (Å²) in [6, 6.07) is -0.197. The van der Waals surface area contributed by atoms with E-state index in [-0.39, 0.29) is 6.04 Å². The van der Waals surface area contributed by atoms with E-state index in [9.17, 15) is 4.91 Å². The smallest absolute Gasteiger partial charge is 0.114 e. The topological polar surface area (TPSA) is 55.4 Å². The van der Waals surface area contributed by atoms with Gasteiger partial charge < -0.3 is 5.73 Å². The predicted octanol–water partition coefficient (Wildman–Crippen LogP) is 0.924. The second-order valence-corrected chi connectivity index (χ2v) is 1.97. The van der Waals surface area contributed by atoms with Crippen molar-refractivity contribution >= 4 is 0 Å². The van der Waals surface area contributed by atoms with Crippen LogP contribution in [0.4, 0.5) is 0 Å². The summed E-state index contributed by atoms with van der Waals surface area (Å²) >= 11 is 0. The average molecular weight is 124 g/mol. The van der Waals surface area contributed by atoms with Crippen molar-refractivity contribution in [3.8, 4) is 0 Å². The van der Waals surface area contributed by atoms with Crippen molar-refractivity contribution in [1.29, 1.82) is 0 Å². The monoisotopic (exact) mass is 124 g/mol. The molecule has 0 saturated carbocycles. The highest BCUT2D eigenvalue weighted by molar-refractivity contribution is 5.22. The van der Waals surface area contributed by atoms with Gasteiger partial charge in [-0.1, -0.05) is 17.3 Å². The van der Waals surface area contributed by atoms with Gasteiger partial charge in [0.25, 0.3) is 0 Å². The Morgan fingerprint density at radius 2 is 2.56 bits per heavy atom. The standard InChI is InChI=1S/C6H8N2O/c7-5-1-3-6(8-9)4-2-5/h1-3,6H,4,7H2. The van der Waals surface area contributed by atoms with Gasteiger partial charge in [-0.15, -0.1) is 0 Å². The van der Waals surface area contributed by atoms with Gasteiger partial charge in [-0.25, -0.2) is 0 Å². The van der Waals surface area contributed by atoms with Crippen LogP contribution in [0.5, 0.6) is 0 Å². The van der Waals surface area contributed by atoms with Crippen molar-refractivity contribution in [1.82, 2.24) is 0 Å².